The number of nitrogens with one attached hydrogen (secondary N) is 3. The van der Waals surface area contributed by atoms with E-state index in [1.54, 1.807) is 28.7 Å². The van der Waals surface area contributed by atoms with Gasteiger partial charge in [0.1, 0.15) is 12.5 Å². The zero-order chi connectivity index (χ0) is 44.5. The molecule has 21 heteroatoms. The number of fused-ring (bicyclic) bond motifs is 6. The maximum atomic E-state index is 12.8. The highest BCUT2D eigenvalue weighted by molar-refractivity contribution is 7.10. The Kier molecular flexibility index (Phi) is 13.7. The highest BCUT2D eigenvalue weighted by Gasteiger charge is 2.29. The van der Waals surface area contributed by atoms with Crippen LogP contribution in [0.1, 0.15) is 32.3 Å². The Morgan fingerprint density at radius 2 is 1.44 bits per heavy atom. The number of H-pyrrole nitrogens is 2. The second-order valence-electron chi connectivity index (χ2n) is 14.0. The number of halogens is 3. The van der Waals surface area contributed by atoms with Crippen LogP contribution in [0.2, 0.25) is 0 Å². The number of benzene rings is 2. The van der Waals surface area contributed by atoms with Gasteiger partial charge in [-0.1, -0.05) is 24.3 Å². The van der Waals surface area contributed by atoms with Gasteiger partial charge in [0.05, 0.1) is 46.0 Å². The second-order valence-corrected chi connectivity index (χ2v) is 16.2. The number of carboxylic acids is 1. The first kappa shape index (κ1) is 43.9. The highest BCUT2D eigenvalue weighted by Crippen LogP contribution is 2.28. The third kappa shape index (κ3) is 11.0. The van der Waals surface area contributed by atoms with Crippen molar-refractivity contribution in [2.75, 3.05) is 18.4 Å². The molecule has 0 bridgehead atoms. The predicted molar refractivity (Wildman–Crippen MR) is 229 cm³/mol. The molecule has 322 valence electrons. The molecular formula is C42H37F3N12O4S2. The number of quaternary nitrogens is 1. The first-order valence-electron chi connectivity index (χ1n) is 19.2. The number of thiazole rings is 2. The number of amides is 2. The molecule has 2 aliphatic heterocycles. The first-order chi connectivity index (χ1) is 30.4. The lowest BCUT2D eigenvalue weighted by Gasteiger charge is -2.29. The molecule has 63 heavy (non-hydrogen) atoms. The molecule has 2 aromatic carbocycles. The van der Waals surface area contributed by atoms with E-state index in [-0.39, 0.29) is 6.03 Å². The molecule has 2 amide bonds. The van der Waals surface area contributed by atoms with E-state index in [0.717, 1.165) is 79.8 Å². The number of nitrogens with zero attached hydrogens (tertiary/aromatic N) is 8. The SMILES string of the molecule is Cc1nc(-c2cccc(N=C=O)c2)cs1.Cc1nc(-c2cccc(NC(=O)N3CCc4c(cnc5[nH]ncc45)C3)c2)cs1.O=C([O-])C(F)(F)F.c1nc2[nH]ncc2c2c1C[NH2+]CC2. The maximum Gasteiger partial charge on any atom is 0.430 e. The van der Waals surface area contributed by atoms with Gasteiger partial charge in [-0.05, 0) is 61.2 Å². The van der Waals surface area contributed by atoms with Crippen molar-refractivity contribution in [3.05, 3.63) is 116 Å². The Morgan fingerprint density at radius 1 is 0.857 bits per heavy atom. The summed E-state index contributed by atoms with van der Waals surface area (Å²) in [6.45, 7) is 7.39. The highest BCUT2D eigenvalue weighted by atomic mass is 32.1. The quantitative estimate of drug-likeness (QED) is 0.120. The molecule has 0 fully saturated rings. The molecule has 0 atom stereocenters. The van der Waals surface area contributed by atoms with Crippen molar-refractivity contribution in [1.82, 2.24) is 45.2 Å². The third-order valence-electron chi connectivity index (χ3n) is 9.80. The number of aromatic nitrogens is 8. The van der Waals surface area contributed by atoms with Crippen LogP contribution in [-0.2, 0) is 35.5 Å². The number of nitrogens with two attached hydrogens (primary N) is 1. The van der Waals surface area contributed by atoms with Gasteiger partial charge in [-0.15, -0.1) is 22.7 Å². The van der Waals surface area contributed by atoms with Crippen LogP contribution < -0.4 is 15.7 Å². The smallest absolute Gasteiger partial charge is 0.430 e. The topological polar surface area (TPSA) is 227 Å². The predicted octanol–water partition coefficient (Wildman–Crippen LogP) is 5.94. The molecule has 2 aliphatic rings. The van der Waals surface area contributed by atoms with Crippen LogP contribution in [0.3, 0.4) is 0 Å². The molecule has 0 radical (unpaired) electrons. The van der Waals surface area contributed by atoms with Crippen molar-refractivity contribution in [1.29, 1.82) is 0 Å². The van der Waals surface area contributed by atoms with Gasteiger partial charge in [0.15, 0.2) is 11.3 Å². The number of hydrogen-bond donors (Lipinski definition) is 4. The molecule has 0 unspecified atom stereocenters. The van der Waals surface area contributed by atoms with Crippen molar-refractivity contribution >= 4 is 74.2 Å². The summed E-state index contributed by atoms with van der Waals surface area (Å²) in [7, 11) is 0. The number of anilines is 1. The Bertz CT molecular complexity index is 2940. The summed E-state index contributed by atoms with van der Waals surface area (Å²) < 4.78 is 31.5. The van der Waals surface area contributed by atoms with E-state index in [1.165, 1.54) is 34.7 Å². The Hall–Kier alpha value is -7.19. The lowest BCUT2D eigenvalue weighted by molar-refractivity contribution is -0.673. The van der Waals surface area contributed by atoms with E-state index in [1.807, 2.05) is 96.8 Å². The van der Waals surface area contributed by atoms with Gasteiger partial charge >= 0.3 is 12.2 Å². The van der Waals surface area contributed by atoms with Crippen LogP contribution in [0.25, 0.3) is 44.6 Å². The number of rotatable bonds is 4. The fourth-order valence-electron chi connectivity index (χ4n) is 6.83. The van der Waals surface area contributed by atoms with E-state index in [0.29, 0.717) is 18.8 Å². The number of aromatic amines is 2. The third-order valence-corrected chi connectivity index (χ3v) is 11.3. The summed E-state index contributed by atoms with van der Waals surface area (Å²) >= 11 is 3.22. The number of aliphatic carboxylic acids is 1. The molecular weight excluding hydrogens is 858 g/mol. The van der Waals surface area contributed by atoms with Crippen LogP contribution in [0, 0.1) is 13.8 Å². The summed E-state index contributed by atoms with van der Waals surface area (Å²) in [4.78, 5) is 54.7. The summed E-state index contributed by atoms with van der Waals surface area (Å²) in [5.74, 6) is -3.01. The molecule has 0 aliphatic carbocycles. The molecule has 0 saturated heterocycles. The number of alkyl halides is 3. The first-order valence-corrected chi connectivity index (χ1v) is 21.0. The van der Waals surface area contributed by atoms with Crippen molar-refractivity contribution in [2.45, 2.75) is 46.0 Å². The fraction of sp³-hybridized carbons (Fsp3) is 0.214. The van der Waals surface area contributed by atoms with Crippen LogP contribution in [0.15, 0.2) is 89.1 Å². The molecule has 8 heterocycles. The van der Waals surface area contributed by atoms with Crippen molar-refractivity contribution in [3.8, 4) is 22.5 Å². The summed E-state index contributed by atoms with van der Waals surface area (Å²) in [6, 6.07) is 15.1. The van der Waals surface area contributed by atoms with Gasteiger partial charge in [-0.3, -0.25) is 10.2 Å². The molecule has 6 aromatic heterocycles. The standard InChI is InChI=1S/C20H18N6OS.C11H8N2OS.C9H10N4.C2HF3O2/c1-12-23-18(11-28-12)13-3-2-4-15(7-13)24-20(27)26-6-5-16-14(10-26)8-21-19-17(16)9-22-25-19;1-8-13-11(6-15-8)9-3-2-4-10(5-9)12-7-14;1-2-10-3-6-4-11-9-8(7(1)6)5-12-13-9;3-2(4,5)1(6)7/h2-4,7-9,11H,5-6,10H2,1H3,(H,24,27)(H,21,22,25);2-6H,1H3;4-5,10H,1-3H2,(H,11,12,13);(H,6,7). The minimum Gasteiger partial charge on any atom is -0.542 e. The van der Waals surface area contributed by atoms with Gasteiger partial charge in [0.2, 0.25) is 6.08 Å². The lowest BCUT2D eigenvalue weighted by Crippen LogP contribution is -2.84. The van der Waals surface area contributed by atoms with Crippen LogP contribution >= 0.6 is 22.7 Å². The van der Waals surface area contributed by atoms with Gasteiger partial charge in [-0.2, -0.15) is 28.4 Å². The summed E-state index contributed by atoms with van der Waals surface area (Å²) in [5, 5.41) is 36.3. The Balaban J connectivity index is 0.000000143. The largest absolute Gasteiger partial charge is 0.542 e. The van der Waals surface area contributed by atoms with Gasteiger partial charge in [-0.25, -0.2) is 29.5 Å². The van der Waals surface area contributed by atoms with Crippen LogP contribution in [0.4, 0.5) is 29.3 Å². The van der Waals surface area contributed by atoms with Crippen LogP contribution in [-0.4, -0.2) is 82.6 Å². The molecule has 16 nitrogen and oxygen atoms in total. The molecule has 0 spiro atoms. The van der Waals surface area contributed by atoms with E-state index >= 15 is 0 Å². The number of carbonyl (C=O) groups is 2. The van der Waals surface area contributed by atoms with Crippen molar-refractivity contribution in [2.24, 2.45) is 4.99 Å². The molecule has 0 saturated carbocycles. The minimum absolute atomic E-state index is 0.107. The number of urea groups is 1. The number of aliphatic imine (C=N–C) groups is 1. The number of aryl methyl sites for hydroxylation is 2. The van der Waals surface area contributed by atoms with Gasteiger partial charge in [0, 0.05) is 75.8 Å². The Morgan fingerprint density at radius 3 is 2.03 bits per heavy atom. The maximum absolute atomic E-state index is 12.8. The minimum atomic E-state index is -5.19. The van der Waals surface area contributed by atoms with E-state index in [4.69, 9.17) is 9.90 Å². The van der Waals surface area contributed by atoms with E-state index in [9.17, 15) is 22.8 Å². The van der Waals surface area contributed by atoms with E-state index < -0.39 is 12.1 Å². The van der Waals surface area contributed by atoms with Gasteiger partial charge in [0.25, 0.3) is 0 Å². The second kappa shape index (κ2) is 19.7. The summed E-state index contributed by atoms with van der Waals surface area (Å²) in [5.41, 5.74) is 12.0. The molecule has 10 rings (SSSR count). The number of pyridine rings is 2. The Labute approximate surface area is 364 Å². The number of hydrogen-bond acceptors (Lipinski definition) is 13. The lowest BCUT2D eigenvalue weighted by atomic mass is 9.99. The molecule has 8 aromatic rings. The molecule has 5 N–H and O–H groups in total. The normalized spacial score (nSPS) is 12.9. The van der Waals surface area contributed by atoms with Gasteiger partial charge < -0.3 is 25.4 Å². The van der Waals surface area contributed by atoms with Crippen molar-refractivity contribution in [3.63, 3.8) is 0 Å². The number of carboxylic acid groups (broad SMARTS) is 1. The average molecular weight is 895 g/mol. The summed E-state index contributed by atoms with van der Waals surface area (Å²) in [6.07, 6.45) is 5.74. The fourth-order valence-corrected chi connectivity index (χ4v) is 8.08. The van der Waals surface area contributed by atoms with Crippen LogP contribution in [0.5, 0.6) is 0 Å². The monoisotopic (exact) mass is 894 g/mol. The average Bonchev–Trinajstić information content (AvgIpc) is 4.13. The van der Waals surface area contributed by atoms with E-state index in [2.05, 4.69) is 56.0 Å². The zero-order valence-corrected chi connectivity index (χ0v) is 35.2. The number of carbonyl (C=O) groups excluding carboxylic acids is 3. The number of isocyanates is 1. The zero-order valence-electron chi connectivity index (χ0n) is 33.6. The van der Waals surface area contributed by atoms with Crippen molar-refractivity contribution < 1.29 is 38.0 Å².